The number of benzene rings is 2. The van der Waals surface area contributed by atoms with Gasteiger partial charge in [0.15, 0.2) is 17.8 Å². The number of amides is 1. The van der Waals surface area contributed by atoms with Crippen LogP contribution in [0.5, 0.6) is 0 Å². The van der Waals surface area contributed by atoms with Gasteiger partial charge in [-0.2, -0.15) is 0 Å². The van der Waals surface area contributed by atoms with Crippen molar-refractivity contribution in [2.24, 2.45) is 0 Å². The van der Waals surface area contributed by atoms with Crippen molar-refractivity contribution in [3.05, 3.63) is 71.2 Å². The van der Waals surface area contributed by atoms with Crippen LogP contribution in [0.2, 0.25) is 0 Å². The molecular weight excluding hydrogens is 288 g/mol. The monoisotopic (exact) mass is 306 g/mol. The fourth-order valence-electron chi connectivity index (χ4n) is 2.58. The Bertz CT molecular complexity index is 845. The number of carbonyl (C=O) groups is 1. The van der Waals surface area contributed by atoms with Crippen molar-refractivity contribution in [3.63, 3.8) is 0 Å². The third-order valence-electron chi connectivity index (χ3n) is 3.78. The lowest BCUT2D eigenvalue weighted by Gasteiger charge is -2.11. The molecule has 2 aromatic carbocycles. The highest BCUT2D eigenvalue weighted by atomic mass is 16.3. The van der Waals surface area contributed by atoms with E-state index >= 15 is 0 Å². The molecule has 0 saturated carbocycles. The van der Waals surface area contributed by atoms with Gasteiger partial charge in [0, 0.05) is 11.3 Å². The van der Waals surface area contributed by atoms with Gasteiger partial charge < -0.3 is 9.73 Å². The van der Waals surface area contributed by atoms with Gasteiger partial charge in [-0.3, -0.25) is 4.79 Å². The van der Waals surface area contributed by atoms with E-state index in [1.807, 2.05) is 63.2 Å². The highest BCUT2D eigenvalue weighted by Gasteiger charge is 2.19. The van der Waals surface area contributed by atoms with Crippen LogP contribution in [-0.4, -0.2) is 10.9 Å². The first kappa shape index (κ1) is 15.0. The number of para-hydroxylation sites is 1. The summed E-state index contributed by atoms with van der Waals surface area (Å²) in [6.45, 7) is 5.93. The molecule has 0 spiro atoms. The first-order valence-electron chi connectivity index (χ1n) is 7.44. The summed E-state index contributed by atoms with van der Waals surface area (Å²) in [7, 11) is 0. The average molecular weight is 306 g/mol. The van der Waals surface area contributed by atoms with Crippen LogP contribution in [0.3, 0.4) is 0 Å². The molecule has 0 bridgehead atoms. The third-order valence-corrected chi connectivity index (χ3v) is 3.78. The molecule has 1 heterocycles. The topological polar surface area (TPSA) is 55.1 Å². The van der Waals surface area contributed by atoms with Gasteiger partial charge in [-0.05, 0) is 38.0 Å². The maximum Gasteiger partial charge on any atom is 0.278 e. The van der Waals surface area contributed by atoms with Crippen LogP contribution >= 0.6 is 0 Å². The predicted molar refractivity (Wildman–Crippen MR) is 90.5 cm³/mol. The Labute approximate surface area is 135 Å². The summed E-state index contributed by atoms with van der Waals surface area (Å²) in [5.74, 6) is 0.213. The second-order valence-corrected chi connectivity index (χ2v) is 5.62. The quantitative estimate of drug-likeness (QED) is 0.774. The highest BCUT2D eigenvalue weighted by Crippen LogP contribution is 2.26. The van der Waals surface area contributed by atoms with Crippen molar-refractivity contribution in [1.29, 1.82) is 0 Å². The van der Waals surface area contributed by atoms with Gasteiger partial charge in [-0.15, -0.1) is 0 Å². The molecule has 0 fully saturated rings. The van der Waals surface area contributed by atoms with E-state index in [1.165, 1.54) is 6.39 Å². The fourth-order valence-corrected chi connectivity index (χ4v) is 2.58. The molecule has 0 aliphatic carbocycles. The van der Waals surface area contributed by atoms with Gasteiger partial charge in [0.05, 0.1) is 0 Å². The molecule has 116 valence electrons. The zero-order chi connectivity index (χ0) is 16.4. The number of hydrogen-bond acceptors (Lipinski definition) is 3. The van der Waals surface area contributed by atoms with E-state index in [0.29, 0.717) is 11.5 Å². The maximum atomic E-state index is 12.6. The summed E-state index contributed by atoms with van der Waals surface area (Å²) in [5, 5.41) is 2.94. The van der Waals surface area contributed by atoms with Crippen LogP contribution in [0, 0.1) is 20.8 Å². The molecule has 0 saturated heterocycles. The van der Waals surface area contributed by atoms with Crippen molar-refractivity contribution in [1.82, 2.24) is 4.98 Å². The summed E-state index contributed by atoms with van der Waals surface area (Å²) in [6, 6.07) is 13.7. The zero-order valence-corrected chi connectivity index (χ0v) is 13.4. The number of hydrogen-bond donors (Lipinski definition) is 1. The van der Waals surface area contributed by atoms with Crippen LogP contribution < -0.4 is 5.32 Å². The van der Waals surface area contributed by atoms with E-state index < -0.39 is 0 Å². The van der Waals surface area contributed by atoms with E-state index in [-0.39, 0.29) is 5.91 Å². The lowest BCUT2D eigenvalue weighted by molar-refractivity contribution is 0.102. The van der Waals surface area contributed by atoms with Gasteiger partial charge in [0.25, 0.3) is 5.91 Å². The van der Waals surface area contributed by atoms with E-state index in [0.717, 1.165) is 27.9 Å². The Kier molecular flexibility index (Phi) is 3.98. The van der Waals surface area contributed by atoms with E-state index in [2.05, 4.69) is 10.3 Å². The van der Waals surface area contributed by atoms with Gasteiger partial charge in [-0.1, -0.05) is 42.0 Å². The lowest BCUT2D eigenvalue weighted by atomic mass is 10.1. The molecule has 0 unspecified atom stereocenters. The molecular formula is C19H18N2O2. The maximum absolute atomic E-state index is 12.6. The summed E-state index contributed by atoms with van der Waals surface area (Å²) >= 11 is 0. The summed E-state index contributed by atoms with van der Waals surface area (Å²) in [6.07, 6.45) is 1.30. The Balaban J connectivity index is 1.94. The first-order valence-corrected chi connectivity index (χ1v) is 7.44. The van der Waals surface area contributed by atoms with E-state index in [4.69, 9.17) is 4.42 Å². The smallest absolute Gasteiger partial charge is 0.278 e. The van der Waals surface area contributed by atoms with Crippen LogP contribution in [-0.2, 0) is 0 Å². The number of aryl methyl sites for hydroxylation is 3. The molecule has 1 amide bonds. The second-order valence-electron chi connectivity index (χ2n) is 5.62. The molecule has 4 nitrogen and oxygen atoms in total. The molecule has 3 aromatic rings. The van der Waals surface area contributed by atoms with Gasteiger partial charge in [0.2, 0.25) is 0 Å². The zero-order valence-electron chi connectivity index (χ0n) is 13.4. The number of oxazole rings is 1. The molecule has 1 aromatic heterocycles. The first-order chi connectivity index (χ1) is 11.1. The van der Waals surface area contributed by atoms with Gasteiger partial charge >= 0.3 is 0 Å². The molecule has 0 aliphatic rings. The van der Waals surface area contributed by atoms with E-state index in [1.54, 1.807) is 0 Å². The van der Waals surface area contributed by atoms with Crippen molar-refractivity contribution < 1.29 is 9.21 Å². The fraction of sp³-hybridized carbons (Fsp3) is 0.158. The Hall–Kier alpha value is -2.88. The molecule has 23 heavy (non-hydrogen) atoms. The summed E-state index contributed by atoms with van der Waals surface area (Å²) in [5.41, 5.74) is 5.07. The normalized spacial score (nSPS) is 10.6. The minimum atomic E-state index is -0.271. The second kappa shape index (κ2) is 6.08. The Morgan fingerprint density at radius 1 is 1.04 bits per heavy atom. The number of carbonyl (C=O) groups excluding carboxylic acids is 1. The molecule has 0 atom stereocenters. The molecule has 0 aliphatic heterocycles. The average Bonchev–Trinajstić information content (AvgIpc) is 3.00. The third kappa shape index (κ3) is 3.01. The number of rotatable bonds is 3. The summed E-state index contributed by atoms with van der Waals surface area (Å²) in [4.78, 5) is 16.7. The minimum absolute atomic E-state index is 0.271. The largest absolute Gasteiger partial charge is 0.443 e. The number of nitrogens with zero attached hydrogens (tertiary/aromatic N) is 1. The predicted octanol–water partition coefficient (Wildman–Crippen LogP) is 4.52. The van der Waals surface area contributed by atoms with Crippen molar-refractivity contribution in [3.8, 4) is 11.3 Å². The summed E-state index contributed by atoms with van der Waals surface area (Å²) < 4.78 is 5.45. The van der Waals surface area contributed by atoms with Crippen LogP contribution in [0.1, 0.15) is 27.2 Å². The van der Waals surface area contributed by atoms with Gasteiger partial charge in [-0.25, -0.2) is 4.98 Å². The number of anilines is 1. The van der Waals surface area contributed by atoms with Gasteiger partial charge in [0.1, 0.15) is 0 Å². The van der Waals surface area contributed by atoms with Crippen LogP contribution in [0.15, 0.2) is 53.3 Å². The highest BCUT2D eigenvalue weighted by molar-refractivity contribution is 6.07. The van der Waals surface area contributed by atoms with Crippen molar-refractivity contribution in [2.75, 3.05) is 5.32 Å². The lowest BCUT2D eigenvalue weighted by Crippen LogP contribution is -2.15. The van der Waals surface area contributed by atoms with Crippen LogP contribution in [0.4, 0.5) is 5.69 Å². The number of aromatic nitrogens is 1. The van der Waals surface area contributed by atoms with Crippen molar-refractivity contribution in [2.45, 2.75) is 20.8 Å². The minimum Gasteiger partial charge on any atom is -0.443 e. The molecule has 0 radical (unpaired) electrons. The molecule has 4 heteroatoms. The SMILES string of the molecule is Cc1cccc(-c2ocnc2C(=O)Nc2c(C)cccc2C)c1. The molecule has 3 rings (SSSR count). The standard InChI is InChI=1S/C19H18N2O2/c1-12-6-4-9-15(10-12)18-17(20-11-23-18)19(22)21-16-13(2)7-5-8-14(16)3/h4-11H,1-3H3,(H,21,22). The van der Waals surface area contributed by atoms with Crippen molar-refractivity contribution >= 4 is 11.6 Å². The van der Waals surface area contributed by atoms with E-state index in [9.17, 15) is 4.79 Å². The Morgan fingerprint density at radius 3 is 2.43 bits per heavy atom. The van der Waals surface area contributed by atoms with Crippen LogP contribution in [0.25, 0.3) is 11.3 Å². The molecule has 1 N–H and O–H groups in total. The number of nitrogens with one attached hydrogen (secondary N) is 1. The Morgan fingerprint density at radius 2 is 1.74 bits per heavy atom.